The number of alkyl halides is 6. The number of nitrogens with zero attached hydrogens (tertiary/aromatic N) is 1. The van der Waals surface area contributed by atoms with Crippen molar-refractivity contribution in [3.63, 3.8) is 0 Å². The molecule has 100 valence electrons. The normalized spacial score (nSPS) is 11.7. The predicted molar refractivity (Wildman–Crippen MR) is 50.8 cm³/mol. The zero-order valence-electron chi connectivity index (χ0n) is 8.47. The van der Waals surface area contributed by atoms with E-state index in [4.69, 9.17) is 11.6 Å². The molecule has 1 rings (SSSR count). The van der Waals surface area contributed by atoms with Crippen LogP contribution >= 0.6 is 11.6 Å². The van der Waals surface area contributed by atoms with Gasteiger partial charge in [0.1, 0.15) is 0 Å². The van der Waals surface area contributed by atoms with E-state index in [9.17, 15) is 26.7 Å². The van der Waals surface area contributed by atoms with Crippen LogP contribution in [0.4, 0.5) is 22.0 Å². The van der Waals surface area contributed by atoms with Gasteiger partial charge in [-0.25, -0.2) is 13.8 Å². The maximum absolute atomic E-state index is 12.5. The van der Waals surface area contributed by atoms with Gasteiger partial charge in [-0.1, -0.05) is 0 Å². The molecule has 0 aliphatic carbocycles. The van der Waals surface area contributed by atoms with Crippen LogP contribution in [0.5, 0.6) is 5.88 Å². The van der Waals surface area contributed by atoms with Crippen molar-refractivity contribution in [1.82, 2.24) is 4.98 Å². The molecule has 0 atom stereocenters. The summed E-state index contributed by atoms with van der Waals surface area (Å²) in [5.41, 5.74) is -1.91. The second-order valence-electron chi connectivity index (χ2n) is 3.02. The van der Waals surface area contributed by atoms with Gasteiger partial charge in [0.05, 0.1) is 17.1 Å². The lowest BCUT2D eigenvalue weighted by Gasteiger charge is -2.13. The van der Waals surface area contributed by atoms with E-state index in [1.165, 1.54) is 0 Å². The molecule has 0 aromatic carbocycles. The fraction of sp³-hybridized carbons (Fsp3) is 0.333. The summed E-state index contributed by atoms with van der Waals surface area (Å²) in [5.74, 6) is -1.63. The van der Waals surface area contributed by atoms with Crippen molar-refractivity contribution in [1.29, 1.82) is 0 Å². The van der Waals surface area contributed by atoms with Gasteiger partial charge < -0.3 is 4.74 Å². The van der Waals surface area contributed by atoms with Crippen LogP contribution in [-0.4, -0.2) is 17.6 Å². The molecule has 1 aromatic heterocycles. The van der Waals surface area contributed by atoms with E-state index in [-0.39, 0.29) is 6.29 Å². The summed E-state index contributed by atoms with van der Waals surface area (Å²) in [6, 6.07) is 0.573. The molecule has 0 fully saturated rings. The highest BCUT2D eigenvalue weighted by Gasteiger charge is 2.33. The molecule has 0 aliphatic heterocycles. The van der Waals surface area contributed by atoms with Crippen LogP contribution in [0.3, 0.4) is 0 Å². The number of carbonyl (C=O) groups excluding carboxylic acids is 1. The minimum absolute atomic E-state index is 0.0576. The van der Waals surface area contributed by atoms with Gasteiger partial charge in [-0.15, -0.1) is 24.8 Å². The molecule has 0 saturated heterocycles. The monoisotopic (exact) mass is 289 g/mol. The lowest BCUT2D eigenvalue weighted by atomic mass is 10.1. The second kappa shape index (κ2) is 5.47. The van der Waals surface area contributed by atoms with E-state index in [0.29, 0.717) is 6.07 Å². The number of hydrogen-bond donors (Lipinski definition) is 0. The van der Waals surface area contributed by atoms with E-state index in [2.05, 4.69) is 9.72 Å². The van der Waals surface area contributed by atoms with Crippen molar-refractivity contribution in [2.24, 2.45) is 0 Å². The highest BCUT2D eigenvalue weighted by atomic mass is 35.5. The quantitative estimate of drug-likeness (QED) is 0.484. The molecule has 3 nitrogen and oxygen atoms in total. The Hall–Kier alpha value is -1.44. The topological polar surface area (TPSA) is 39.2 Å². The van der Waals surface area contributed by atoms with Crippen molar-refractivity contribution in [2.45, 2.75) is 18.7 Å². The maximum atomic E-state index is 12.5. The van der Waals surface area contributed by atoms with Crippen molar-refractivity contribution >= 4 is 17.9 Å². The lowest BCUT2D eigenvalue weighted by Crippen LogP contribution is -2.19. The molecule has 0 unspecified atom stereocenters. The number of aldehydes is 1. The molecule has 0 radical (unpaired) electrons. The Balaban J connectivity index is 3.30. The third-order valence-corrected chi connectivity index (χ3v) is 2.08. The smallest absolute Gasteiger partial charge is 0.387 e. The summed E-state index contributed by atoms with van der Waals surface area (Å²) < 4.78 is 64.5. The number of pyridine rings is 1. The van der Waals surface area contributed by atoms with E-state index in [1.807, 2.05) is 0 Å². The first-order chi connectivity index (χ1) is 8.28. The van der Waals surface area contributed by atoms with Crippen LogP contribution in [0.2, 0.25) is 0 Å². The fourth-order valence-corrected chi connectivity index (χ4v) is 1.35. The highest BCUT2D eigenvalue weighted by Crippen LogP contribution is 2.30. The summed E-state index contributed by atoms with van der Waals surface area (Å²) in [6.45, 7) is 0. The molecule has 9 heteroatoms. The van der Waals surface area contributed by atoms with Crippen LogP contribution < -0.4 is 4.74 Å². The number of hydrogen-bond acceptors (Lipinski definition) is 3. The molecular weight excluding hydrogens is 285 g/mol. The Kier molecular flexibility index (Phi) is 4.44. The molecule has 0 saturated carbocycles. The Morgan fingerprint density at radius 2 is 2.06 bits per heavy atom. The standard InChI is InChI=1S/C9H5ClF5NO2/c10-2-6-5(7(11)12)1-4(3-17)8(16-6)18-9(13,14)15/h1,3,7H,2H2. The van der Waals surface area contributed by atoms with E-state index < -0.39 is 41.4 Å². The maximum Gasteiger partial charge on any atom is 0.574 e. The third-order valence-electron chi connectivity index (χ3n) is 1.83. The average molecular weight is 290 g/mol. The predicted octanol–water partition coefficient (Wildman–Crippen LogP) is 3.47. The molecular formula is C9H5ClF5NO2. The SMILES string of the molecule is O=Cc1cc(C(F)F)c(CCl)nc1OC(F)(F)F. The van der Waals surface area contributed by atoms with E-state index >= 15 is 0 Å². The highest BCUT2D eigenvalue weighted by molar-refractivity contribution is 6.17. The molecule has 0 spiro atoms. The van der Waals surface area contributed by atoms with Crippen LogP contribution in [0.15, 0.2) is 6.07 Å². The number of halogens is 6. The summed E-state index contributed by atoms with van der Waals surface area (Å²) in [4.78, 5) is 13.7. The third kappa shape index (κ3) is 3.52. The van der Waals surface area contributed by atoms with Gasteiger partial charge in [0.25, 0.3) is 6.43 Å². The molecule has 0 aliphatic rings. The van der Waals surface area contributed by atoms with Crippen LogP contribution in [0, 0.1) is 0 Å². The van der Waals surface area contributed by atoms with Gasteiger partial charge in [-0.2, -0.15) is 0 Å². The van der Waals surface area contributed by atoms with Gasteiger partial charge in [0.2, 0.25) is 5.88 Å². The Morgan fingerprint density at radius 3 is 2.44 bits per heavy atom. The van der Waals surface area contributed by atoms with Gasteiger partial charge in [0, 0.05) is 5.56 Å². The Morgan fingerprint density at radius 1 is 1.44 bits per heavy atom. The van der Waals surface area contributed by atoms with Crippen LogP contribution in [0.1, 0.15) is 28.0 Å². The molecule has 1 aromatic rings. The van der Waals surface area contributed by atoms with Gasteiger partial charge in [0.15, 0.2) is 6.29 Å². The summed E-state index contributed by atoms with van der Waals surface area (Å²) in [5, 5.41) is 0. The number of carbonyl (C=O) groups is 1. The molecule has 0 amide bonds. The Bertz CT molecular complexity index is 449. The van der Waals surface area contributed by atoms with E-state index in [1.54, 1.807) is 0 Å². The zero-order chi connectivity index (χ0) is 13.9. The van der Waals surface area contributed by atoms with Crippen molar-refractivity contribution in [3.05, 3.63) is 22.9 Å². The van der Waals surface area contributed by atoms with Crippen LogP contribution in [0.25, 0.3) is 0 Å². The first kappa shape index (κ1) is 14.6. The minimum atomic E-state index is -5.08. The molecule has 18 heavy (non-hydrogen) atoms. The minimum Gasteiger partial charge on any atom is -0.387 e. The average Bonchev–Trinajstić information content (AvgIpc) is 2.25. The number of aromatic nitrogens is 1. The molecule has 1 heterocycles. The number of ether oxygens (including phenoxy) is 1. The van der Waals surface area contributed by atoms with Crippen molar-refractivity contribution in [3.8, 4) is 5.88 Å². The largest absolute Gasteiger partial charge is 0.574 e. The Labute approximate surface area is 103 Å². The van der Waals surface area contributed by atoms with Gasteiger partial charge in [-0.05, 0) is 6.07 Å². The number of rotatable bonds is 4. The zero-order valence-corrected chi connectivity index (χ0v) is 9.23. The van der Waals surface area contributed by atoms with Crippen molar-refractivity contribution < 1.29 is 31.5 Å². The summed E-state index contributed by atoms with van der Waals surface area (Å²) in [7, 11) is 0. The van der Waals surface area contributed by atoms with Crippen LogP contribution in [-0.2, 0) is 5.88 Å². The fourth-order valence-electron chi connectivity index (χ4n) is 1.14. The van der Waals surface area contributed by atoms with Gasteiger partial charge >= 0.3 is 6.36 Å². The summed E-state index contributed by atoms with van der Waals surface area (Å²) >= 11 is 5.29. The first-order valence-corrected chi connectivity index (χ1v) is 4.90. The van der Waals surface area contributed by atoms with E-state index in [0.717, 1.165) is 0 Å². The summed E-state index contributed by atoms with van der Waals surface area (Å²) in [6.07, 6.45) is -8.15. The molecule has 0 N–H and O–H groups in total. The lowest BCUT2D eigenvalue weighted by molar-refractivity contribution is -0.276. The second-order valence-corrected chi connectivity index (χ2v) is 3.29. The molecule has 0 bridgehead atoms. The van der Waals surface area contributed by atoms with Gasteiger partial charge in [-0.3, -0.25) is 4.79 Å². The first-order valence-electron chi connectivity index (χ1n) is 4.37. The van der Waals surface area contributed by atoms with Crippen molar-refractivity contribution in [2.75, 3.05) is 0 Å².